The Hall–Kier alpha value is -1.84. The van der Waals surface area contributed by atoms with Crippen LogP contribution in [0.5, 0.6) is 5.75 Å². The number of phenolic OH excluding ortho intramolecular Hbond substituents is 1. The van der Waals surface area contributed by atoms with Gasteiger partial charge in [-0.1, -0.05) is 18.1 Å². The van der Waals surface area contributed by atoms with Gasteiger partial charge in [0.2, 0.25) is 0 Å². The lowest BCUT2D eigenvalue weighted by Gasteiger charge is -2.01. The van der Waals surface area contributed by atoms with Crippen molar-refractivity contribution >= 4 is 0 Å². The van der Waals surface area contributed by atoms with Crippen LogP contribution in [0, 0.1) is 6.92 Å². The molecule has 2 rings (SSSR count). The van der Waals surface area contributed by atoms with E-state index >= 15 is 0 Å². The molecule has 0 saturated carbocycles. The van der Waals surface area contributed by atoms with Crippen LogP contribution < -0.4 is 0 Å². The van der Waals surface area contributed by atoms with E-state index in [4.69, 9.17) is 4.52 Å². The fraction of sp³-hybridized carbons (Fsp3) is 0.273. The molecule has 0 aliphatic rings. The summed E-state index contributed by atoms with van der Waals surface area (Å²) < 4.78 is 5.11. The number of nitrogens with zero attached hydrogens (tertiary/aromatic N) is 2. The molecular formula is C11H12N2O2. The van der Waals surface area contributed by atoms with Gasteiger partial charge in [0.1, 0.15) is 5.75 Å². The molecule has 1 heterocycles. The summed E-state index contributed by atoms with van der Waals surface area (Å²) in [5, 5.41) is 13.3. The molecule has 1 aromatic carbocycles. The second-order valence-corrected chi connectivity index (χ2v) is 3.32. The fourth-order valence-electron chi connectivity index (χ4n) is 1.36. The van der Waals surface area contributed by atoms with Crippen molar-refractivity contribution in [1.82, 2.24) is 10.1 Å². The maximum absolute atomic E-state index is 9.54. The molecule has 1 aromatic heterocycles. The highest BCUT2D eigenvalue weighted by molar-refractivity contribution is 5.61. The predicted molar refractivity (Wildman–Crippen MR) is 55.5 cm³/mol. The van der Waals surface area contributed by atoms with Crippen LogP contribution in [0.1, 0.15) is 18.3 Å². The van der Waals surface area contributed by atoms with Gasteiger partial charge in [-0.2, -0.15) is 4.98 Å². The molecule has 0 saturated heterocycles. The Morgan fingerprint density at radius 3 is 2.87 bits per heavy atom. The van der Waals surface area contributed by atoms with Crippen molar-refractivity contribution < 1.29 is 9.63 Å². The third kappa shape index (κ3) is 1.70. The summed E-state index contributed by atoms with van der Waals surface area (Å²) in [4.78, 5) is 4.21. The molecule has 2 aromatic rings. The highest BCUT2D eigenvalue weighted by atomic mass is 16.5. The van der Waals surface area contributed by atoms with Gasteiger partial charge in [0.05, 0.1) is 0 Å². The quantitative estimate of drug-likeness (QED) is 0.815. The van der Waals surface area contributed by atoms with Gasteiger partial charge in [-0.25, -0.2) is 0 Å². The van der Waals surface area contributed by atoms with Crippen LogP contribution in [0.15, 0.2) is 22.7 Å². The third-order valence-corrected chi connectivity index (χ3v) is 2.32. The Morgan fingerprint density at radius 1 is 1.40 bits per heavy atom. The monoisotopic (exact) mass is 204 g/mol. The maximum Gasteiger partial charge on any atom is 0.258 e. The minimum absolute atomic E-state index is 0.240. The van der Waals surface area contributed by atoms with Crippen LogP contribution in [-0.4, -0.2) is 15.2 Å². The normalized spacial score (nSPS) is 10.5. The Balaban J connectivity index is 2.49. The zero-order chi connectivity index (χ0) is 10.8. The van der Waals surface area contributed by atoms with Crippen molar-refractivity contribution in [3.05, 3.63) is 29.6 Å². The van der Waals surface area contributed by atoms with Crippen LogP contribution in [0.3, 0.4) is 0 Å². The number of aryl methyl sites for hydroxylation is 1. The van der Waals surface area contributed by atoms with Crippen LogP contribution in [0.25, 0.3) is 11.5 Å². The largest absolute Gasteiger partial charge is 0.508 e. The van der Waals surface area contributed by atoms with Crippen molar-refractivity contribution in [2.75, 3.05) is 0 Å². The van der Waals surface area contributed by atoms with E-state index in [9.17, 15) is 5.11 Å². The summed E-state index contributed by atoms with van der Waals surface area (Å²) >= 11 is 0. The SMILES string of the molecule is CCc1noc(-c2cccc(O)c2C)n1. The van der Waals surface area contributed by atoms with Crippen molar-refractivity contribution in [1.29, 1.82) is 0 Å². The first-order chi connectivity index (χ1) is 7.22. The lowest BCUT2D eigenvalue weighted by molar-refractivity contribution is 0.422. The Morgan fingerprint density at radius 2 is 2.20 bits per heavy atom. The molecular weight excluding hydrogens is 192 g/mol. The predicted octanol–water partition coefficient (Wildman–Crippen LogP) is 2.31. The second-order valence-electron chi connectivity index (χ2n) is 3.32. The van der Waals surface area contributed by atoms with E-state index in [2.05, 4.69) is 10.1 Å². The van der Waals surface area contributed by atoms with E-state index in [0.717, 1.165) is 17.5 Å². The van der Waals surface area contributed by atoms with Gasteiger partial charge in [0, 0.05) is 17.5 Å². The van der Waals surface area contributed by atoms with Crippen molar-refractivity contribution in [3.63, 3.8) is 0 Å². The summed E-state index contributed by atoms with van der Waals surface area (Å²) in [6.07, 6.45) is 0.737. The van der Waals surface area contributed by atoms with Gasteiger partial charge in [-0.3, -0.25) is 0 Å². The highest BCUT2D eigenvalue weighted by Gasteiger charge is 2.11. The van der Waals surface area contributed by atoms with Gasteiger partial charge in [0.15, 0.2) is 5.82 Å². The van der Waals surface area contributed by atoms with Gasteiger partial charge in [-0.15, -0.1) is 0 Å². The molecule has 0 radical (unpaired) electrons. The molecule has 0 spiro atoms. The van der Waals surface area contributed by atoms with Gasteiger partial charge in [-0.05, 0) is 19.1 Å². The molecule has 0 unspecified atom stereocenters. The minimum atomic E-state index is 0.240. The number of aromatic hydroxyl groups is 1. The van der Waals surface area contributed by atoms with Crippen LogP contribution >= 0.6 is 0 Å². The number of rotatable bonds is 2. The number of phenols is 1. The summed E-state index contributed by atoms with van der Waals surface area (Å²) in [5.74, 6) is 1.37. The number of hydrogen-bond acceptors (Lipinski definition) is 4. The lowest BCUT2D eigenvalue weighted by Crippen LogP contribution is -1.85. The first-order valence-electron chi connectivity index (χ1n) is 4.84. The van der Waals surface area contributed by atoms with Crippen LogP contribution in [-0.2, 0) is 6.42 Å². The Bertz CT molecular complexity index is 477. The molecule has 0 atom stereocenters. The van der Waals surface area contributed by atoms with Gasteiger partial charge >= 0.3 is 0 Å². The van der Waals surface area contributed by atoms with Crippen LogP contribution in [0.4, 0.5) is 0 Å². The summed E-state index contributed by atoms with van der Waals surface area (Å²) in [5.41, 5.74) is 1.53. The van der Waals surface area contributed by atoms with E-state index in [1.165, 1.54) is 0 Å². The maximum atomic E-state index is 9.54. The molecule has 1 N–H and O–H groups in total. The summed E-state index contributed by atoms with van der Waals surface area (Å²) in [7, 11) is 0. The van der Waals surface area contributed by atoms with Crippen molar-refractivity contribution in [2.45, 2.75) is 20.3 Å². The average Bonchev–Trinajstić information content (AvgIpc) is 2.70. The molecule has 15 heavy (non-hydrogen) atoms. The van der Waals surface area contributed by atoms with E-state index in [-0.39, 0.29) is 5.75 Å². The minimum Gasteiger partial charge on any atom is -0.508 e. The Kier molecular flexibility index (Phi) is 2.41. The van der Waals surface area contributed by atoms with Gasteiger partial charge in [0.25, 0.3) is 5.89 Å². The highest BCUT2D eigenvalue weighted by Crippen LogP contribution is 2.27. The van der Waals surface area contributed by atoms with Gasteiger partial charge < -0.3 is 9.63 Å². The van der Waals surface area contributed by atoms with E-state index < -0.39 is 0 Å². The van der Waals surface area contributed by atoms with E-state index in [1.807, 2.05) is 19.9 Å². The standard InChI is InChI=1S/C11H12N2O2/c1-3-10-12-11(15-13-10)8-5-4-6-9(14)7(8)2/h4-6,14H,3H2,1-2H3. The number of aromatic nitrogens is 2. The molecule has 4 heteroatoms. The molecule has 0 aliphatic carbocycles. The molecule has 0 bridgehead atoms. The zero-order valence-electron chi connectivity index (χ0n) is 8.69. The van der Waals surface area contributed by atoms with Crippen molar-refractivity contribution in [2.24, 2.45) is 0 Å². The molecule has 0 fully saturated rings. The smallest absolute Gasteiger partial charge is 0.258 e. The summed E-state index contributed by atoms with van der Waals surface area (Å²) in [6, 6.07) is 5.24. The molecule has 0 aliphatic heterocycles. The molecule has 0 amide bonds. The first-order valence-corrected chi connectivity index (χ1v) is 4.84. The first kappa shape index (κ1) is 9.71. The van der Waals surface area contributed by atoms with Crippen LogP contribution in [0.2, 0.25) is 0 Å². The molecule has 4 nitrogen and oxygen atoms in total. The number of benzene rings is 1. The third-order valence-electron chi connectivity index (χ3n) is 2.32. The lowest BCUT2D eigenvalue weighted by atomic mass is 10.1. The molecule has 78 valence electrons. The topological polar surface area (TPSA) is 59.2 Å². The zero-order valence-corrected chi connectivity index (χ0v) is 8.69. The Labute approximate surface area is 87.6 Å². The average molecular weight is 204 g/mol. The number of hydrogen-bond donors (Lipinski definition) is 1. The van der Waals surface area contributed by atoms with E-state index in [0.29, 0.717) is 11.7 Å². The van der Waals surface area contributed by atoms with Crippen molar-refractivity contribution in [3.8, 4) is 17.2 Å². The summed E-state index contributed by atoms with van der Waals surface area (Å²) in [6.45, 7) is 3.78. The second kappa shape index (κ2) is 3.73. The fourth-order valence-corrected chi connectivity index (χ4v) is 1.36. The van der Waals surface area contributed by atoms with E-state index in [1.54, 1.807) is 12.1 Å².